The Labute approximate surface area is 248 Å². The van der Waals surface area contributed by atoms with Crippen LogP contribution in [0.15, 0.2) is 109 Å². The molecule has 1 N–H and O–H groups in total. The van der Waals surface area contributed by atoms with Gasteiger partial charge in [-0.2, -0.15) is 0 Å². The summed E-state index contributed by atoms with van der Waals surface area (Å²) in [6, 6.07) is 36.0. The predicted octanol–water partition coefficient (Wildman–Crippen LogP) is 7.78. The molecule has 5 rings (SSSR count). The molecule has 0 aromatic heterocycles. The number of nitrogens with zero attached hydrogens (tertiary/aromatic N) is 1. The van der Waals surface area contributed by atoms with Crippen molar-refractivity contribution >= 4 is 17.7 Å². The lowest BCUT2D eigenvalue weighted by atomic mass is 9.96. The van der Waals surface area contributed by atoms with Crippen LogP contribution in [0.5, 0.6) is 0 Å². The van der Waals surface area contributed by atoms with Crippen molar-refractivity contribution in [3.63, 3.8) is 0 Å². The number of fused-ring (bicyclic) bond motifs is 1. The molecule has 0 saturated heterocycles. The van der Waals surface area contributed by atoms with Gasteiger partial charge in [0.2, 0.25) is 5.91 Å². The van der Waals surface area contributed by atoms with Gasteiger partial charge in [0.05, 0.1) is 17.2 Å². The second kappa shape index (κ2) is 14.4. The molecule has 4 aromatic rings. The highest BCUT2D eigenvalue weighted by Gasteiger charge is 2.34. The van der Waals surface area contributed by atoms with E-state index in [0.717, 1.165) is 56.1 Å². The lowest BCUT2D eigenvalue weighted by Gasteiger charge is -2.20. The van der Waals surface area contributed by atoms with E-state index in [4.69, 9.17) is 0 Å². The maximum absolute atomic E-state index is 13.0. The highest BCUT2D eigenvalue weighted by Crippen LogP contribution is 2.25. The first kappa shape index (κ1) is 29.0. The summed E-state index contributed by atoms with van der Waals surface area (Å²) >= 11 is 0. The minimum atomic E-state index is -0.181. The average Bonchev–Trinajstić information content (AvgIpc) is 3.28. The number of benzene rings is 4. The van der Waals surface area contributed by atoms with E-state index in [0.29, 0.717) is 24.1 Å². The Balaban J connectivity index is 1.04. The Morgan fingerprint density at radius 3 is 1.76 bits per heavy atom. The highest BCUT2D eigenvalue weighted by atomic mass is 16.2. The molecule has 0 saturated carbocycles. The molecule has 0 aliphatic carbocycles. The quantitative estimate of drug-likeness (QED) is 0.127. The molecule has 5 nitrogen and oxygen atoms in total. The number of unbranched alkanes of at least 4 members (excludes halogenated alkanes) is 5. The normalized spacial score (nSPS) is 13.2. The molecule has 214 valence electrons. The molecule has 1 atom stereocenters. The summed E-state index contributed by atoms with van der Waals surface area (Å²) in [5.41, 5.74) is 5.65. The number of carbonyl (C=O) groups is 3. The van der Waals surface area contributed by atoms with Crippen molar-refractivity contribution in [3.05, 3.63) is 131 Å². The molecule has 4 aromatic carbocycles. The largest absolute Gasteiger partial charge is 0.349 e. The van der Waals surface area contributed by atoms with Crippen molar-refractivity contribution < 1.29 is 14.4 Å². The lowest BCUT2D eigenvalue weighted by Crippen LogP contribution is -2.30. The maximum Gasteiger partial charge on any atom is 0.261 e. The van der Waals surface area contributed by atoms with Crippen molar-refractivity contribution in [3.8, 4) is 11.1 Å². The number of hydrogen-bond acceptors (Lipinski definition) is 3. The summed E-state index contributed by atoms with van der Waals surface area (Å²) in [4.78, 5) is 39.3. The van der Waals surface area contributed by atoms with Crippen LogP contribution in [0.1, 0.15) is 82.8 Å². The van der Waals surface area contributed by atoms with Crippen LogP contribution < -0.4 is 5.32 Å². The van der Waals surface area contributed by atoms with Crippen LogP contribution in [0.25, 0.3) is 11.1 Å². The summed E-state index contributed by atoms with van der Waals surface area (Å²) < 4.78 is 0. The van der Waals surface area contributed by atoms with Gasteiger partial charge in [-0.25, -0.2) is 0 Å². The molecule has 0 bridgehead atoms. The second-order valence-electron chi connectivity index (χ2n) is 11.0. The van der Waals surface area contributed by atoms with Gasteiger partial charge in [0.25, 0.3) is 11.8 Å². The van der Waals surface area contributed by atoms with Crippen LogP contribution in [0.3, 0.4) is 0 Å². The molecule has 5 heteroatoms. The predicted molar refractivity (Wildman–Crippen MR) is 167 cm³/mol. The number of imide groups is 1. The first-order chi connectivity index (χ1) is 20.6. The number of amides is 3. The van der Waals surface area contributed by atoms with Gasteiger partial charge in [-0.15, -0.1) is 0 Å². The van der Waals surface area contributed by atoms with E-state index in [2.05, 4.69) is 53.8 Å². The van der Waals surface area contributed by atoms with Crippen molar-refractivity contribution in [2.75, 3.05) is 6.54 Å². The van der Waals surface area contributed by atoms with Gasteiger partial charge in [-0.3, -0.25) is 19.3 Å². The van der Waals surface area contributed by atoms with Gasteiger partial charge in [-0.1, -0.05) is 123 Å². The number of hydrogen-bond donors (Lipinski definition) is 1. The molecule has 1 aliphatic heterocycles. The fourth-order valence-corrected chi connectivity index (χ4v) is 5.61. The first-order valence-electron chi connectivity index (χ1n) is 15.0. The highest BCUT2D eigenvalue weighted by molar-refractivity contribution is 6.21. The Morgan fingerprint density at radius 1 is 0.595 bits per heavy atom. The monoisotopic (exact) mass is 558 g/mol. The molecule has 0 spiro atoms. The smallest absolute Gasteiger partial charge is 0.261 e. The molecule has 0 radical (unpaired) electrons. The van der Waals surface area contributed by atoms with Crippen LogP contribution in [-0.4, -0.2) is 29.2 Å². The van der Waals surface area contributed by atoms with Gasteiger partial charge in [0, 0.05) is 13.0 Å². The van der Waals surface area contributed by atoms with Crippen LogP contribution in [0.2, 0.25) is 0 Å². The maximum atomic E-state index is 13.0. The standard InChI is InChI=1S/C37H38N2O3/c40-35(21-11-3-1-2-4-14-26-39-36(41)32-19-12-13-20-33(32)37(39)42)38-34(27-28-15-7-5-8-16-28)31-24-22-30(23-25-31)29-17-9-6-10-18-29/h5-10,12-13,15-20,22-25,34H,1-4,11,14,21,26-27H2,(H,38,40). The second-order valence-corrected chi connectivity index (χ2v) is 11.0. The van der Waals surface area contributed by atoms with E-state index >= 15 is 0 Å². The summed E-state index contributed by atoms with van der Waals surface area (Å²) in [5, 5.41) is 3.29. The molecule has 3 amide bonds. The van der Waals surface area contributed by atoms with Crippen molar-refractivity contribution in [1.29, 1.82) is 0 Å². The third-order valence-electron chi connectivity index (χ3n) is 7.95. The molecule has 1 unspecified atom stereocenters. The van der Waals surface area contributed by atoms with E-state index in [1.165, 1.54) is 16.0 Å². The van der Waals surface area contributed by atoms with Gasteiger partial charge in [-0.05, 0) is 53.6 Å². The van der Waals surface area contributed by atoms with Crippen LogP contribution in [0.4, 0.5) is 0 Å². The Hall–Kier alpha value is -4.51. The van der Waals surface area contributed by atoms with E-state index in [9.17, 15) is 14.4 Å². The molecule has 42 heavy (non-hydrogen) atoms. The van der Waals surface area contributed by atoms with Gasteiger partial charge < -0.3 is 5.32 Å². The minimum Gasteiger partial charge on any atom is -0.349 e. The Kier molecular flexibility index (Phi) is 9.94. The SMILES string of the molecule is O=C(CCCCCCCCN1C(=O)c2ccccc2C1=O)NC(Cc1ccccc1)c1ccc(-c2ccccc2)cc1. The average molecular weight is 559 g/mol. The summed E-state index contributed by atoms with van der Waals surface area (Å²) in [6.45, 7) is 0.462. The van der Waals surface area contributed by atoms with Gasteiger partial charge in [0.1, 0.15) is 0 Å². The van der Waals surface area contributed by atoms with E-state index in [-0.39, 0.29) is 23.8 Å². The molecular formula is C37H38N2O3. The minimum absolute atomic E-state index is 0.0775. The zero-order chi connectivity index (χ0) is 29.1. The van der Waals surface area contributed by atoms with E-state index in [1.807, 2.05) is 36.4 Å². The first-order valence-corrected chi connectivity index (χ1v) is 15.0. The Morgan fingerprint density at radius 2 is 1.12 bits per heavy atom. The third-order valence-corrected chi connectivity index (χ3v) is 7.95. The van der Waals surface area contributed by atoms with E-state index < -0.39 is 0 Å². The van der Waals surface area contributed by atoms with Crippen LogP contribution in [0, 0.1) is 0 Å². The Bertz CT molecular complexity index is 1450. The van der Waals surface area contributed by atoms with Crippen molar-refractivity contribution in [2.24, 2.45) is 0 Å². The molecular weight excluding hydrogens is 520 g/mol. The zero-order valence-corrected chi connectivity index (χ0v) is 24.0. The van der Waals surface area contributed by atoms with Crippen LogP contribution in [-0.2, 0) is 11.2 Å². The van der Waals surface area contributed by atoms with Crippen molar-refractivity contribution in [1.82, 2.24) is 10.2 Å². The number of carbonyl (C=O) groups excluding carboxylic acids is 3. The van der Waals surface area contributed by atoms with E-state index in [1.54, 1.807) is 24.3 Å². The summed E-state index contributed by atoms with van der Waals surface area (Å²) in [6.07, 6.45) is 6.88. The van der Waals surface area contributed by atoms with Crippen molar-refractivity contribution in [2.45, 2.75) is 57.4 Å². The third kappa shape index (κ3) is 7.41. The summed E-state index contributed by atoms with van der Waals surface area (Å²) in [5.74, 6) is -0.285. The molecule has 0 fully saturated rings. The number of rotatable bonds is 14. The number of nitrogens with one attached hydrogen (secondary N) is 1. The van der Waals surface area contributed by atoms with Crippen LogP contribution >= 0.6 is 0 Å². The topological polar surface area (TPSA) is 66.5 Å². The fraction of sp³-hybridized carbons (Fsp3) is 0.270. The molecule has 1 aliphatic rings. The zero-order valence-electron chi connectivity index (χ0n) is 24.0. The van der Waals surface area contributed by atoms with Gasteiger partial charge >= 0.3 is 0 Å². The molecule has 1 heterocycles. The fourth-order valence-electron chi connectivity index (χ4n) is 5.61. The van der Waals surface area contributed by atoms with Gasteiger partial charge in [0.15, 0.2) is 0 Å². The summed E-state index contributed by atoms with van der Waals surface area (Å²) in [7, 11) is 0. The lowest BCUT2D eigenvalue weighted by molar-refractivity contribution is -0.122.